The standard InChI is InChI=1S/C36H22N2O3S/c1-5-13-29-25(9-1)37(26-10-2-6-14-30(26)39-29)23-17-19-35-33(21-23)41-34-22-24(18-20-36(34)42-35)38-27-11-3-7-15-31(27)40-32-16-8-4-12-28(32)38/h1-22H. The van der Waals surface area contributed by atoms with Crippen molar-refractivity contribution in [1.29, 1.82) is 0 Å². The van der Waals surface area contributed by atoms with E-state index >= 15 is 0 Å². The first-order valence-electron chi connectivity index (χ1n) is 13.8. The van der Waals surface area contributed by atoms with Crippen LogP contribution in [0.5, 0.6) is 34.5 Å². The van der Waals surface area contributed by atoms with Crippen LogP contribution >= 0.6 is 11.8 Å². The predicted molar refractivity (Wildman–Crippen MR) is 167 cm³/mol. The minimum absolute atomic E-state index is 0.824. The highest BCUT2D eigenvalue weighted by molar-refractivity contribution is 7.99. The van der Waals surface area contributed by atoms with Gasteiger partial charge in [-0.1, -0.05) is 60.3 Å². The lowest BCUT2D eigenvalue weighted by Crippen LogP contribution is -2.16. The molecule has 6 aromatic carbocycles. The number of hydrogen-bond acceptors (Lipinski definition) is 6. The molecule has 0 fully saturated rings. The van der Waals surface area contributed by atoms with Gasteiger partial charge in [-0.25, -0.2) is 0 Å². The van der Waals surface area contributed by atoms with Crippen molar-refractivity contribution in [3.63, 3.8) is 0 Å². The quantitative estimate of drug-likeness (QED) is 0.208. The van der Waals surface area contributed by atoms with Gasteiger partial charge in [-0.3, -0.25) is 0 Å². The SMILES string of the molecule is c1ccc2c(c1)Oc1ccccc1N2c1ccc2c(c1)Oc1cc(N3c4ccccc4Oc4ccccc43)ccc1S2. The molecule has 0 spiro atoms. The largest absolute Gasteiger partial charge is 0.455 e. The molecular formula is C36H22N2O3S. The lowest BCUT2D eigenvalue weighted by molar-refractivity contribution is 0.454. The molecule has 3 heterocycles. The molecule has 0 unspecified atom stereocenters. The Morgan fingerprint density at radius 2 is 0.690 bits per heavy atom. The van der Waals surface area contributed by atoms with E-state index in [2.05, 4.69) is 70.5 Å². The third-order valence-electron chi connectivity index (χ3n) is 7.68. The molecule has 6 aromatic rings. The molecule has 0 aromatic heterocycles. The summed E-state index contributed by atoms with van der Waals surface area (Å²) < 4.78 is 19.1. The molecule has 0 bridgehead atoms. The summed E-state index contributed by atoms with van der Waals surface area (Å²) in [7, 11) is 0. The van der Waals surface area contributed by atoms with E-state index in [1.807, 2.05) is 72.8 Å². The molecule has 0 saturated heterocycles. The van der Waals surface area contributed by atoms with Crippen LogP contribution in [0.3, 0.4) is 0 Å². The Morgan fingerprint density at radius 3 is 1.07 bits per heavy atom. The summed E-state index contributed by atoms with van der Waals surface area (Å²) in [6, 6.07) is 45.3. The van der Waals surface area contributed by atoms with E-state index in [1.54, 1.807) is 11.8 Å². The first kappa shape index (κ1) is 23.4. The maximum Gasteiger partial charge on any atom is 0.151 e. The number of para-hydroxylation sites is 8. The van der Waals surface area contributed by atoms with Crippen LogP contribution in [-0.2, 0) is 0 Å². The molecular weight excluding hydrogens is 540 g/mol. The smallest absolute Gasteiger partial charge is 0.151 e. The van der Waals surface area contributed by atoms with Gasteiger partial charge in [0.25, 0.3) is 0 Å². The topological polar surface area (TPSA) is 34.2 Å². The molecule has 0 radical (unpaired) electrons. The Labute approximate surface area is 247 Å². The Morgan fingerprint density at radius 1 is 0.357 bits per heavy atom. The molecule has 200 valence electrons. The fourth-order valence-electron chi connectivity index (χ4n) is 5.80. The number of nitrogens with zero attached hydrogens (tertiary/aromatic N) is 2. The van der Waals surface area contributed by atoms with E-state index < -0.39 is 0 Å². The number of benzene rings is 6. The Bertz CT molecular complexity index is 1810. The van der Waals surface area contributed by atoms with Crippen molar-refractivity contribution >= 4 is 45.9 Å². The van der Waals surface area contributed by atoms with Crippen molar-refractivity contribution in [2.75, 3.05) is 9.80 Å². The number of rotatable bonds is 2. The molecule has 0 atom stereocenters. The van der Waals surface area contributed by atoms with Crippen molar-refractivity contribution < 1.29 is 14.2 Å². The average molecular weight is 563 g/mol. The van der Waals surface area contributed by atoms with E-state index in [9.17, 15) is 0 Å². The van der Waals surface area contributed by atoms with Gasteiger partial charge in [0.05, 0.1) is 43.9 Å². The van der Waals surface area contributed by atoms with E-state index in [0.29, 0.717) is 0 Å². The number of ether oxygens (including phenoxy) is 3. The molecule has 3 aliphatic rings. The van der Waals surface area contributed by atoms with Gasteiger partial charge < -0.3 is 24.0 Å². The molecule has 3 aliphatic heterocycles. The van der Waals surface area contributed by atoms with Crippen molar-refractivity contribution in [1.82, 2.24) is 0 Å². The van der Waals surface area contributed by atoms with Crippen LogP contribution in [0.2, 0.25) is 0 Å². The third kappa shape index (κ3) is 3.59. The van der Waals surface area contributed by atoms with Crippen LogP contribution in [0.4, 0.5) is 34.1 Å². The summed E-state index contributed by atoms with van der Waals surface area (Å²) in [6.07, 6.45) is 0. The predicted octanol–water partition coefficient (Wildman–Crippen LogP) is 11.1. The average Bonchev–Trinajstić information content (AvgIpc) is 3.04. The minimum atomic E-state index is 0.824. The van der Waals surface area contributed by atoms with Crippen molar-refractivity contribution in [3.05, 3.63) is 133 Å². The van der Waals surface area contributed by atoms with Gasteiger partial charge in [-0.2, -0.15) is 0 Å². The molecule has 6 heteroatoms. The number of fused-ring (bicyclic) bond motifs is 6. The minimum Gasteiger partial charge on any atom is -0.455 e. The second-order valence-corrected chi connectivity index (χ2v) is 11.3. The maximum absolute atomic E-state index is 6.66. The molecule has 0 saturated carbocycles. The first-order valence-corrected chi connectivity index (χ1v) is 14.6. The Hall–Kier alpha value is -5.33. The molecule has 0 aliphatic carbocycles. The van der Waals surface area contributed by atoms with Crippen LogP contribution in [0.15, 0.2) is 143 Å². The van der Waals surface area contributed by atoms with Gasteiger partial charge in [0.15, 0.2) is 23.0 Å². The highest BCUT2D eigenvalue weighted by Crippen LogP contribution is 2.55. The molecule has 42 heavy (non-hydrogen) atoms. The van der Waals surface area contributed by atoms with Gasteiger partial charge in [-0.05, 0) is 72.8 Å². The lowest BCUT2D eigenvalue weighted by atomic mass is 10.1. The zero-order chi connectivity index (χ0) is 27.6. The third-order valence-corrected chi connectivity index (χ3v) is 8.79. The second kappa shape index (κ2) is 9.09. The molecule has 9 rings (SSSR count). The first-order chi connectivity index (χ1) is 20.8. The van der Waals surface area contributed by atoms with Crippen LogP contribution in [-0.4, -0.2) is 0 Å². The van der Waals surface area contributed by atoms with E-state index in [4.69, 9.17) is 14.2 Å². The lowest BCUT2D eigenvalue weighted by Gasteiger charge is -2.34. The van der Waals surface area contributed by atoms with Crippen molar-refractivity contribution in [3.8, 4) is 34.5 Å². The number of hydrogen-bond donors (Lipinski definition) is 0. The van der Waals surface area contributed by atoms with Gasteiger partial charge in [-0.15, -0.1) is 0 Å². The second-order valence-electron chi connectivity index (χ2n) is 10.2. The van der Waals surface area contributed by atoms with Crippen molar-refractivity contribution in [2.45, 2.75) is 9.79 Å². The van der Waals surface area contributed by atoms with Gasteiger partial charge in [0, 0.05) is 12.1 Å². The van der Waals surface area contributed by atoms with Gasteiger partial charge >= 0.3 is 0 Å². The Kier molecular flexibility index (Phi) is 5.06. The monoisotopic (exact) mass is 562 g/mol. The van der Waals surface area contributed by atoms with Crippen LogP contribution in [0.25, 0.3) is 0 Å². The molecule has 0 amide bonds. The fraction of sp³-hybridized carbons (Fsp3) is 0. The highest BCUT2D eigenvalue weighted by Gasteiger charge is 2.29. The fourth-order valence-corrected chi connectivity index (χ4v) is 6.71. The number of anilines is 6. The van der Waals surface area contributed by atoms with Crippen molar-refractivity contribution in [2.24, 2.45) is 0 Å². The maximum atomic E-state index is 6.66. The van der Waals surface area contributed by atoms with Gasteiger partial charge in [0.2, 0.25) is 0 Å². The summed E-state index contributed by atoms with van der Waals surface area (Å²) in [6.45, 7) is 0. The van der Waals surface area contributed by atoms with Crippen LogP contribution < -0.4 is 24.0 Å². The summed E-state index contributed by atoms with van der Waals surface area (Å²) in [5.74, 6) is 4.95. The Balaban J connectivity index is 1.12. The summed E-state index contributed by atoms with van der Waals surface area (Å²) >= 11 is 1.72. The summed E-state index contributed by atoms with van der Waals surface area (Å²) in [4.78, 5) is 6.62. The summed E-state index contributed by atoms with van der Waals surface area (Å²) in [5.41, 5.74) is 5.99. The normalized spacial score (nSPS) is 13.6. The van der Waals surface area contributed by atoms with E-state index in [1.165, 1.54) is 0 Å². The molecule has 0 N–H and O–H groups in total. The van der Waals surface area contributed by atoms with E-state index in [0.717, 1.165) is 78.4 Å². The van der Waals surface area contributed by atoms with Gasteiger partial charge in [0.1, 0.15) is 11.5 Å². The van der Waals surface area contributed by atoms with Crippen LogP contribution in [0, 0.1) is 0 Å². The zero-order valence-electron chi connectivity index (χ0n) is 22.2. The zero-order valence-corrected chi connectivity index (χ0v) is 23.0. The summed E-state index contributed by atoms with van der Waals surface area (Å²) in [5, 5.41) is 0. The molecule has 5 nitrogen and oxygen atoms in total. The highest BCUT2D eigenvalue weighted by atomic mass is 32.2. The van der Waals surface area contributed by atoms with Crippen LogP contribution in [0.1, 0.15) is 0 Å². The van der Waals surface area contributed by atoms with E-state index in [-0.39, 0.29) is 0 Å².